The molecule has 0 aromatic heterocycles. The topological polar surface area (TPSA) is 72.8 Å². The SMILES string of the molecule is C=C(C)C(=O)OCCOC(=O)CCC12C(=C)/C=C\C=C/C(CCCO)(/C=C\C=C/C1=C)c1ccccc12. The summed E-state index contributed by atoms with van der Waals surface area (Å²) in [6.45, 7) is 14.0. The van der Waals surface area contributed by atoms with Gasteiger partial charge < -0.3 is 14.6 Å². The van der Waals surface area contributed by atoms with E-state index in [1.807, 2.05) is 48.6 Å². The second-order valence-corrected chi connectivity index (χ2v) is 9.44. The third-order valence-electron chi connectivity index (χ3n) is 6.97. The zero-order valence-electron chi connectivity index (χ0n) is 21.6. The minimum absolute atomic E-state index is 0.0265. The summed E-state index contributed by atoms with van der Waals surface area (Å²) in [7, 11) is 0. The van der Waals surface area contributed by atoms with Gasteiger partial charge >= 0.3 is 11.9 Å². The fourth-order valence-electron chi connectivity index (χ4n) is 5.03. The van der Waals surface area contributed by atoms with E-state index >= 15 is 0 Å². The lowest BCUT2D eigenvalue weighted by Crippen LogP contribution is -2.34. The molecular weight excluding hydrogens is 464 g/mol. The van der Waals surface area contributed by atoms with Gasteiger partial charge in [-0.15, -0.1) is 0 Å². The second kappa shape index (κ2) is 12.5. The molecule has 3 rings (SSSR count). The Morgan fingerprint density at radius 1 is 0.892 bits per heavy atom. The van der Waals surface area contributed by atoms with E-state index in [0.29, 0.717) is 18.4 Å². The van der Waals surface area contributed by atoms with E-state index < -0.39 is 22.8 Å². The van der Waals surface area contributed by atoms with Crippen LogP contribution in [-0.4, -0.2) is 36.9 Å². The van der Waals surface area contributed by atoms with E-state index in [2.05, 4.69) is 44.0 Å². The molecule has 0 radical (unpaired) electrons. The lowest BCUT2D eigenvalue weighted by atomic mass is 9.62. The van der Waals surface area contributed by atoms with Crippen molar-refractivity contribution in [1.29, 1.82) is 0 Å². The van der Waals surface area contributed by atoms with Crippen molar-refractivity contribution in [2.24, 2.45) is 0 Å². The van der Waals surface area contributed by atoms with Crippen LogP contribution in [0.1, 0.15) is 43.7 Å². The van der Waals surface area contributed by atoms with Crippen molar-refractivity contribution in [3.05, 3.63) is 120 Å². The molecule has 194 valence electrons. The Morgan fingerprint density at radius 2 is 1.49 bits per heavy atom. The molecule has 0 fully saturated rings. The summed E-state index contributed by atoms with van der Waals surface area (Å²) >= 11 is 0. The number of allylic oxidation sites excluding steroid dienone is 10. The van der Waals surface area contributed by atoms with E-state index in [1.54, 1.807) is 6.92 Å². The van der Waals surface area contributed by atoms with Gasteiger partial charge in [0.15, 0.2) is 0 Å². The van der Waals surface area contributed by atoms with E-state index in [-0.39, 0.29) is 26.2 Å². The molecule has 0 atom stereocenters. The molecule has 2 bridgehead atoms. The van der Waals surface area contributed by atoms with Crippen LogP contribution in [0.4, 0.5) is 0 Å². The maximum atomic E-state index is 12.8. The third-order valence-corrected chi connectivity index (χ3v) is 6.97. The third kappa shape index (κ3) is 6.17. The van der Waals surface area contributed by atoms with Crippen molar-refractivity contribution in [3.63, 3.8) is 0 Å². The van der Waals surface area contributed by atoms with Crippen LogP contribution in [0.25, 0.3) is 0 Å². The number of carbonyl (C=O) groups is 2. The second-order valence-electron chi connectivity index (χ2n) is 9.44. The molecule has 0 heterocycles. The Hall–Kier alpha value is -3.70. The predicted octanol–water partition coefficient (Wildman–Crippen LogP) is 5.74. The van der Waals surface area contributed by atoms with Crippen molar-refractivity contribution in [3.8, 4) is 0 Å². The molecule has 0 unspecified atom stereocenters. The molecular formula is C32H36O5. The van der Waals surface area contributed by atoms with Crippen LogP contribution < -0.4 is 0 Å². The Balaban J connectivity index is 1.98. The first kappa shape index (κ1) is 27.9. The number of hydrogen-bond donors (Lipinski definition) is 1. The maximum absolute atomic E-state index is 12.8. The van der Waals surface area contributed by atoms with Gasteiger partial charge in [-0.1, -0.05) is 92.6 Å². The Kier molecular flexibility index (Phi) is 9.42. The fourth-order valence-corrected chi connectivity index (χ4v) is 5.03. The molecule has 1 aromatic rings. The number of aliphatic hydroxyl groups is 1. The lowest BCUT2D eigenvalue weighted by Gasteiger charge is -2.40. The molecule has 0 aliphatic heterocycles. The highest BCUT2D eigenvalue weighted by atomic mass is 16.6. The summed E-state index contributed by atoms with van der Waals surface area (Å²) in [6, 6.07) is 8.21. The standard InChI is InChI=1S/C32H36O5/c1-24(2)30(35)37-23-22-36-29(34)16-20-32-25(3)12-7-9-17-31(19-11-21-33,18-10-8-13-26(32)4)27-14-5-6-15-28(27)32/h5-10,12-15,17-18,33H,1,3-4,11,16,19-23H2,2H3/b12-7-,13-8-,17-9-,18-10-. The van der Waals surface area contributed by atoms with Crippen LogP contribution >= 0.6 is 0 Å². The highest BCUT2D eigenvalue weighted by Gasteiger charge is 2.42. The largest absolute Gasteiger partial charge is 0.462 e. The summed E-state index contributed by atoms with van der Waals surface area (Å²) in [4.78, 5) is 24.3. The first-order chi connectivity index (χ1) is 17.8. The summed E-state index contributed by atoms with van der Waals surface area (Å²) in [5, 5.41) is 9.67. The summed E-state index contributed by atoms with van der Waals surface area (Å²) < 4.78 is 10.4. The van der Waals surface area contributed by atoms with Crippen molar-refractivity contribution in [1.82, 2.24) is 0 Å². The smallest absolute Gasteiger partial charge is 0.333 e. The molecule has 37 heavy (non-hydrogen) atoms. The number of ether oxygens (including phenoxy) is 2. The molecule has 0 spiro atoms. The Labute approximate surface area is 219 Å². The number of aliphatic hydroxyl groups excluding tert-OH is 1. The van der Waals surface area contributed by atoms with Crippen LogP contribution in [0.2, 0.25) is 0 Å². The van der Waals surface area contributed by atoms with Gasteiger partial charge in [0.25, 0.3) is 0 Å². The van der Waals surface area contributed by atoms with Crippen molar-refractivity contribution < 1.29 is 24.2 Å². The van der Waals surface area contributed by atoms with Gasteiger partial charge in [-0.25, -0.2) is 4.79 Å². The number of carbonyl (C=O) groups excluding carboxylic acids is 2. The summed E-state index contributed by atoms with van der Waals surface area (Å²) in [6.07, 6.45) is 18.1. The minimum Gasteiger partial charge on any atom is -0.462 e. The summed E-state index contributed by atoms with van der Waals surface area (Å²) in [5.74, 6) is -0.907. The van der Waals surface area contributed by atoms with Crippen LogP contribution in [-0.2, 0) is 29.9 Å². The first-order valence-corrected chi connectivity index (χ1v) is 12.6. The van der Waals surface area contributed by atoms with Gasteiger partial charge in [-0.05, 0) is 48.5 Å². The van der Waals surface area contributed by atoms with Crippen LogP contribution in [0.15, 0.2) is 109 Å². The van der Waals surface area contributed by atoms with Crippen LogP contribution in [0, 0.1) is 0 Å². The van der Waals surface area contributed by atoms with Gasteiger partial charge in [0.05, 0.1) is 0 Å². The predicted molar refractivity (Wildman–Crippen MR) is 147 cm³/mol. The molecule has 1 N–H and O–H groups in total. The molecule has 2 aliphatic carbocycles. The monoisotopic (exact) mass is 500 g/mol. The normalized spacial score (nSPS) is 25.7. The molecule has 5 nitrogen and oxygen atoms in total. The molecule has 0 amide bonds. The molecule has 0 saturated heterocycles. The summed E-state index contributed by atoms with van der Waals surface area (Å²) in [5.41, 5.74) is 2.84. The average molecular weight is 501 g/mol. The van der Waals surface area contributed by atoms with Gasteiger partial charge in [-0.3, -0.25) is 4.79 Å². The average Bonchev–Trinajstić information content (AvgIpc) is 2.97. The molecule has 0 saturated carbocycles. The highest BCUT2D eigenvalue weighted by molar-refractivity contribution is 5.86. The van der Waals surface area contributed by atoms with Crippen LogP contribution in [0.3, 0.4) is 0 Å². The Bertz CT molecular complexity index is 1140. The van der Waals surface area contributed by atoms with E-state index in [1.165, 1.54) is 0 Å². The quantitative estimate of drug-likeness (QED) is 0.252. The zero-order valence-corrected chi connectivity index (χ0v) is 21.6. The highest BCUT2D eigenvalue weighted by Crippen LogP contribution is 2.49. The minimum atomic E-state index is -0.752. The van der Waals surface area contributed by atoms with Gasteiger partial charge in [0.1, 0.15) is 13.2 Å². The number of esters is 2. The van der Waals surface area contributed by atoms with Crippen molar-refractivity contribution >= 4 is 11.9 Å². The van der Waals surface area contributed by atoms with Crippen molar-refractivity contribution in [2.45, 2.75) is 43.4 Å². The molecule has 2 aliphatic rings. The maximum Gasteiger partial charge on any atom is 0.333 e. The van der Waals surface area contributed by atoms with E-state index in [0.717, 1.165) is 28.7 Å². The lowest BCUT2D eigenvalue weighted by molar-refractivity contribution is -0.150. The van der Waals surface area contributed by atoms with E-state index in [9.17, 15) is 14.7 Å². The van der Waals surface area contributed by atoms with Gasteiger partial charge in [-0.2, -0.15) is 0 Å². The number of rotatable bonds is 10. The number of hydrogen-bond acceptors (Lipinski definition) is 5. The number of benzene rings is 1. The Morgan fingerprint density at radius 3 is 2.08 bits per heavy atom. The van der Waals surface area contributed by atoms with Crippen LogP contribution in [0.5, 0.6) is 0 Å². The van der Waals surface area contributed by atoms with E-state index in [4.69, 9.17) is 9.47 Å². The molecule has 5 heteroatoms. The van der Waals surface area contributed by atoms with Gasteiger partial charge in [0.2, 0.25) is 0 Å². The molecule has 1 aromatic carbocycles. The van der Waals surface area contributed by atoms with Crippen molar-refractivity contribution in [2.75, 3.05) is 19.8 Å². The fraction of sp³-hybridized carbons (Fsp3) is 0.312. The van der Waals surface area contributed by atoms with Gasteiger partial charge in [0, 0.05) is 29.4 Å². The first-order valence-electron chi connectivity index (χ1n) is 12.6. The zero-order chi connectivity index (χ0) is 26.9.